The van der Waals surface area contributed by atoms with E-state index in [0.29, 0.717) is 12.2 Å². The molecule has 1 heterocycles. The summed E-state index contributed by atoms with van der Waals surface area (Å²) in [4.78, 5) is 22.2. The maximum Gasteiger partial charge on any atom is 0.384 e. The number of ketones is 1. The van der Waals surface area contributed by atoms with Crippen molar-refractivity contribution in [2.45, 2.75) is 25.7 Å². The summed E-state index contributed by atoms with van der Waals surface area (Å²) in [5.41, 5.74) is 0. The maximum absolute atomic E-state index is 11.5. The number of methoxy groups -OCH3 is 1. The van der Waals surface area contributed by atoms with Crippen LogP contribution < -0.4 is 0 Å². The number of allylic oxidation sites excluding steroid dienone is 2. The van der Waals surface area contributed by atoms with E-state index in [0.717, 1.165) is 19.3 Å². The molecule has 0 aliphatic heterocycles. The van der Waals surface area contributed by atoms with Gasteiger partial charge in [0.15, 0.2) is 5.76 Å². The van der Waals surface area contributed by atoms with E-state index in [1.165, 1.54) is 19.4 Å². The minimum atomic E-state index is -0.510. The van der Waals surface area contributed by atoms with Crippen molar-refractivity contribution in [2.24, 2.45) is 0 Å². The van der Waals surface area contributed by atoms with Gasteiger partial charge in [-0.1, -0.05) is 12.0 Å². The lowest BCUT2D eigenvalue weighted by molar-refractivity contribution is -0.133. The number of hydrogen-bond donors (Lipinski definition) is 0. The van der Waals surface area contributed by atoms with E-state index in [1.807, 2.05) is 6.08 Å². The summed E-state index contributed by atoms with van der Waals surface area (Å²) in [6.07, 6.45) is 8.04. The molecule has 0 unspecified atom stereocenters. The largest absolute Gasteiger partial charge is 0.461 e. The summed E-state index contributed by atoms with van der Waals surface area (Å²) >= 11 is 0. The first-order valence-electron chi connectivity index (χ1n) is 6.05. The van der Waals surface area contributed by atoms with Gasteiger partial charge in [0.1, 0.15) is 0 Å². The summed E-state index contributed by atoms with van der Waals surface area (Å²) < 4.78 is 9.36. The van der Waals surface area contributed by atoms with Gasteiger partial charge >= 0.3 is 5.97 Å². The molecule has 100 valence electrons. The van der Waals surface area contributed by atoms with Crippen LogP contribution in [0.2, 0.25) is 0 Å². The molecule has 0 amide bonds. The Labute approximate surface area is 112 Å². The zero-order valence-corrected chi connectivity index (χ0v) is 10.8. The Balaban J connectivity index is 2.12. The fourth-order valence-corrected chi connectivity index (χ4v) is 1.35. The Bertz CT molecular complexity index is 486. The van der Waals surface area contributed by atoms with Gasteiger partial charge in [-0.2, -0.15) is 0 Å². The fraction of sp³-hybridized carbons (Fsp3) is 0.333. The highest BCUT2D eigenvalue weighted by atomic mass is 16.5. The average molecular weight is 260 g/mol. The third kappa shape index (κ3) is 6.27. The zero-order valence-electron chi connectivity index (χ0n) is 10.8. The van der Waals surface area contributed by atoms with Gasteiger partial charge in [0, 0.05) is 12.3 Å². The molecule has 0 radical (unpaired) electrons. The van der Waals surface area contributed by atoms with Crippen LogP contribution in [0, 0.1) is 11.8 Å². The quantitative estimate of drug-likeness (QED) is 0.197. The predicted molar refractivity (Wildman–Crippen MR) is 70.4 cm³/mol. The highest BCUT2D eigenvalue weighted by Crippen LogP contribution is 2.04. The van der Waals surface area contributed by atoms with Crippen LogP contribution in [0.4, 0.5) is 0 Å². The van der Waals surface area contributed by atoms with E-state index in [4.69, 9.17) is 4.42 Å². The molecule has 0 atom stereocenters. The van der Waals surface area contributed by atoms with E-state index in [9.17, 15) is 9.59 Å². The summed E-state index contributed by atoms with van der Waals surface area (Å²) in [6, 6.07) is 3.32. The van der Waals surface area contributed by atoms with Crippen LogP contribution in [0.25, 0.3) is 0 Å². The van der Waals surface area contributed by atoms with E-state index in [-0.39, 0.29) is 5.78 Å². The van der Waals surface area contributed by atoms with Crippen LogP contribution in [-0.2, 0) is 9.53 Å². The van der Waals surface area contributed by atoms with E-state index in [1.54, 1.807) is 12.1 Å². The highest BCUT2D eigenvalue weighted by molar-refractivity contribution is 6.02. The molecular weight excluding hydrogens is 244 g/mol. The molecule has 1 aromatic heterocycles. The minimum Gasteiger partial charge on any atom is -0.461 e. The van der Waals surface area contributed by atoms with Crippen molar-refractivity contribution in [3.05, 3.63) is 36.3 Å². The minimum absolute atomic E-state index is 0.129. The lowest BCUT2D eigenvalue weighted by atomic mass is 10.1. The molecule has 0 N–H and O–H groups in total. The summed E-state index contributed by atoms with van der Waals surface area (Å²) in [5, 5.41) is 0. The van der Waals surface area contributed by atoms with Crippen molar-refractivity contribution in [1.29, 1.82) is 0 Å². The van der Waals surface area contributed by atoms with Crippen LogP contribution in [0.15, 0.2) is 35.0 Å². The summed E-state index contributed by atoms with van der Waals surface area (Å²) in [5.74, 6) is 4.80. The Kier molecular flexibility index (Phi) is 6.81. The number of carbonyl (C=O) groups is 2. The third-order valence-electron chi connectivity index (χ3n) is 2.33. The van der Waals surface area contributed by atoms with Gasteiger partial charge in [0.2, 0.25) is 5.78 Å². The number of hydrogen-bond acceptors (Lipinski definition) is 4. The van der Waals surface area contributed by atoms with Gasteiger partial charge in [0.05, 0.1) is 13.4 Å². The van der Waals surface area contributed by atoms with Crippen molar-refractivity contribution < 1.29 is 18.7 Å². The van der Waals surface area contributed by atoms with E-state index in [2.05, 4.69) is 16.6 Å². The first kappa shape index (κ1) is 14.8. The predicted octanol–water partition coefficient (Wildman–Crippen LogP) is 2.76. The van der Waals surface area contributed by atoms with Gasteiger partial charge in [0.25, 0.3) is 0 Å². The Morgan fingerprint density at radius 2 is 2.26 bits per heavy atom. The zero-order chi connectivity index (χ0) is 13.9. The molecule has 0 spiro atoms. The molecule has 0 bridgehead atoms. The number of rotatable bonds is 6. The van der Waals surface area contributed by atoms with Gasteiger partial charge < -0.3 is 9.15 Å². The Morgan fingerprint density at radius 3 is 2.95 bits per heavy atom. The maximum atomic E-state index is 11.5. The number of carbonyl (C=O) groups excluding carboxylic acids is 2. The van der Waals surface area contributed by atoms with Crippen LogP contribution in [0.3, 0.4) is 0 Å². The average Bonchev–Trinajstić information content (AvgIpc) is 2.95. The molecule has 0 aromatic carbocycles. The van der Waals surface area contributed by atoms with Crippen molar-refractivity contribution in [3.8, 4) is 11.8 Å². The molecule has 1 aromatic rings. The second-order valence-electron chi connectivity index (χ2n) is 3.78. The van der Waals surface area contributed by atoms with Crippen LogP contribution >= 0.6 is 0 Å². The lowest BCUT2D eigenvalue weighted by Gasteiger charge is -1.91. The SMILES string of the molecule is COC(=O)C#CCCCC/C=C/C(=O)c1ccco1. The van der Waals surface area contributed by atoms with Crippen LogP contribution in [-0.4, -0.2) is 18.9 Å². The second-order valence-corrected chi connectivity index (χ2v) is 3.78. The molecule has 0 aliphatic rings. The molecule has 19 heavy (non-hydrogen) atoms. The molecule has 0 saturated carbocycles. The lowest BCUT2D eigenvalue weighted by Crippen LogP contribution is -1.94. The molecule has 0 aliphatic carbocycles. The monoisotopic (exact) mass is 260 g/mol. The van der Waals surface area contributed by atoms with Crippen LogP contribution in [0.1, 0.15) is 36.2 Å². The molecule has 0 saturated heterocycles. The number of furan rings is 1. The van der Waals surface area contributed by atoms with Crippen molar-refractivity contribution >= 4 is 11.8 Å². The smallest absolute Gasteiger partial charge is 0.384 e. The van der Waals surface area contributed by atoms with Crippen molar-refractivity contribution in [2.75, 3.05) is 7.11 Å². The summed E-state index contributed by atoms with van der Waals surface area (Å²) in [6.45, 7) is 0. The molecular formula is C15H16O4. The second kappa shape index (κ2) is 8.76. The Morgan fingerprint density at radius 1 is 1.42 bits per heavy atom. The first-order valence-corrected chi connectivity index (χ1v) is 6.05. The fourth-order valence-electron chi connectivity index (χ4n) is 1.35. The van der Waals surface area contributed by atoms with Gasteiger partial charge in [-0.25, -0.2) is 4.79 Å². The summed E-state index contributed by atoms with van der Waals surface area (Å²) in [7, 11) is 1.30. The normalized spacial score (nSPS) is 9.95. The van der Waals surface area contributed by atoms with E-state index >= 15 is 0 Å². The van der Waals surface area contributed by atoms with Gasteiger partial charge in [-0.15, -0.1) is 0 Å². The topological polar surface area (TPSA) is 56.5 Å². The first-order chi connectivity index (χ1) is 9.24. The van der Waals surface area contributed by atoms with E-state index < -0.39 is 5.97 Å². The van der Waals surface area contributed by atoms with Crippen LogP contribution in [0.5, 0.6) is 0 Å². The highest BCUT2D eigenvalue weighted by Gasteiger charge is 2.02. The van der Waals surface area contributed by atoms with Crippen molar-refractivity contribution in [3.63, 3.8) is 0 Å². The molecule has 0 fully saturated rings. The van der Waals surface area contributed by atoms with Gasteiger partial charge in [-0.3, -0.25) is 4.79 Å². The number of unbranched alkanes of at least 4 members (excludes halogenated alkanes) is 3. The standard InChI is InChI=1S/C15H16O4/c1-18-15(17)11-7-5-3-2-4-6-9-13(16)14-10-8-12-19-14/h6,8-10,12H,2-5H2,1H3/b9-6+. The number of esters is 1. The molecule has 4 heteroatoms. The van der Waals surface area contributed by atoms with Gasteiger partial charge in [-0.05, 0) is 37.5 Å². The third-order valence-corrected chi connectivity index (χ3v) is 2.33. The molecule has 4 nitrogen and oxygen atoms in total. The number of ether oxygens (including phenoxy) is 1. The Hall–Kier alpha value is -2.28. The molecule has 1 rings (SSSR count). The van der Waals surface area contributed by atoms with Crippen molar-refractivity contribution in [1.82, 2.24) is 0 Å².